The molecular weight excluding hydrogens is 280 g/mol. The van der Waals surface area contributed by atoms with Crippen molar-refractivity contribution in [1.82, 2.24) is 5.32 Å². The predicted molar refractivity (Wildman–Crippen MR) is 92.8 cm³/mol. The van der Waals surface area contributed by atoms with Crippen molar-refractivity contribution in [2.45, 2.75) is 33.1 Å². The molecule has 1 unspecified atom stereocenters. The molecule has 0 aliphatic rings. The highest BCUT2D eigenvalue weighted by Gasteiger charge is 2.14. The van der Waals surface area contributed by atoms with Gasteiger partial charge in [-0.25, -0.2) is 0 Å². The maximum absolute atomic E-state index is 12.1. The topological polar surface area (TPSA) is 55.1 Å². The Kier molecular flexibility index (Phi) is 8.47. The molecule has 0 spiro atoms. The minimum Gasteiger partial charge on any atom is -0.355 e. The van der Waals surface area contributed by atoms with E-state index >= 15 is 0 Å². The van der Waals surface area contributed by atoms with Gasteiger partial charge in [-0.1, -0.05) is 38.1 Å². The Morgan fingerprint density at radius 2 is 1.86 bits per heavy atom. The summed E-state index contributed by atoms with van der Waals surface area (Å²) in [7, 11) is 0. The van der Waals surface area contributed by atoms with Crippen molar-refractivity contribution in [3.8, 4) is 0 Å². The van der Waals surface area contributed by atoms with E-state index in [9.17, 15) is 4.79 Å². The fourth-order valence-corrected chi connectivity index (χ4v) is 2.77. The van der Waals surface area contributed by atoms with Gasteiger partial charge in [0.15, 0.2) is 0 Å². The molecule has 0 heterocycles. The van der Waals surface area contributed by atoms with Crippen molar-refractivity contribution in [3.05, 3.63) is 35.4 Å². The van der Waals surface area contributed by atoms with Gasteiger partial charge >= 0.3 is 0 Å². The van der Waals surface area contributed by atoms with Gasteiger partial charge in [0.05, 0.1) is 5.92 Å². The minimum atomic E-state index is -0.0994. The van der Waals surface area contributed by atoms with Crippen molar-refractivity contribution in [2.24, 2.45) is 11.7 Å². The van der Waals surface area contributed by atoms with Crippen molar-refractivity contribution in [2.75, 3.05) is 24.6 Å². The molecule has 1 rings (SSSR count). The molecule has 0 saturated heterocycles. The summed E-state index contributed by atoms with van der Waals surface area (Å²) in [5.74, 6) is 2.52. The second kappa shape index (κ2) is 9.85. The summed E-state index contributed by atoms with van der Waals surface area (Å²) in [6.07, 6.45) is 1.08. The molecule has 118 valence electrons. The highest BCUT2D eigenvalue weighted by atomic mass is 32.2. The quantitative estimate of drug-likeness (QED) is 0.690. The standard InChI is InChI=1S/C17H28N2OS/c1-13(2)12-15-4-6-16(7-5-15)14(3)17(20)19-9-11-21-10-8-18/h4-7,13-14H,8-12,18H2,1-3H3,(H,19,20). The van der Waals surface area contributed by atoms with Crippen LogP contribution in [-0.4, -0.2) is 30.5 Å². The zero-order valence-electron chi connectivity index (χ0n) is 13.4. The average Bonchev–Trinajstić information content (AvgIpc) is 2.46. The van der Waals surface area contributed by atoms with E-state index in [1.165, 1.54) is 5.56 Å². The largest absolute Gasteiger partial charge is 0.355 e. The van der Waals surface area contributed by atoms with Gasteiger partial charge in [0, 0.05) is 24.6 Å². The molecule has 1 aromatic rings. The molecule has 0 fully saturated rings. The molecule has 1 atom stereocenters. The zero-order valence-corrected chi connectivity index (χ0v) is 14.2. The normalized spacial score (nSPS) is 12.4. The molecule has 0 bridgehead atoms. The Balaban J connectivity index is 2.42. The first-order chi connectivity index (χ1) is 10.0. The molecule has 21 heavy (non-hydrogen) atoms. The number of nitrogens with one attached hydrogen (secondary N) is 1. The number of hydrogen-bond donors (Lipinski definition) is 2. The zero-order chi connectivity index (χ0) is 15.7. The van der Waals surface area contributed by atoms with E-state index in [4.69, 9.17) is 5.73 Å². The Morgan fingerprint density at radius 3 is 2.43 bits per heavy atom. The number of rotatable bonds is 9. The molecule has 1 aromatic carbocycles. The lowest BCUT2D eigenvalue weighted by atomic mass is 9.96. The Bertz CT molecular complexity index is 417. The van der Waals surface area contributed by atoms with Gasteiger partial charge in [-0.05, 0) is 30.4 Å². The van der Waals surface area contributed by atoms with E-state index in [1.807, 2.05) is 6.92 Å². The number of hydrogen-bond acceptors (Lipinski definition) is 3. The lowest BCUT2D eigenvalue weighted by molar-refractivity contribution is -0.122. The van der Waals surface area contributed by atoms with Crippen molar-refractivity contribution < 1.29 is 4.79 Å². The van der Waals surface area contributed by atoms with Crippen LogP contribution in [0.1, 0.15) is 37.8 Å². The van der Waals surface area contributed by atoms with Crippen LogP contribution < -0.4 is 11.1 Å². The van der Waals surface area contributed by atoms with Gasteiger partial charge < -0.3 is 11.1 Å². The van der Waals surface area contributed by atoms with Crippen LogP contribution in [0.2, 0.25) is 0 Å². The maximum atomic E-state index is 12.1. The number of thioether (sulfide) groups is 1. The number of carbonyl (C=O) groups excluding carboxylic acids is 1. The Hall–Kier alpha value is -1.00. The van der Waals surface area contributed by atoms with E-state index in [1.54, 1.807) is 11.8 Å². The fourth-order valence-electron chi connectivity index (χ4n) is 2.15. The Morgan fingerprint density at radius 1 is 1.19 bits per heavy atom. The first kappa shape index (κ1) is 18.1. The highest BCUT2D eigenvalue weighted by molar-refractivity contribution is 7.99. The van der Waals surface area contributed by atoms with Crippen LogP contribution >= 0.6 is 11.8 Å². The van der Waals surface area contributed by atoms with Crippen LogP contribution in [0.4, 0.5) is 0 Å². The molecule has 0 aliphatic carbocycles. The number of carbonyl (C=O) groups is 1. The summed E-state index contributed by atoms with van der Waals surface area (Å²) in [6, 6.07) is 8.42. The first-order valence-corrected chi connectivity index (χ1v) is 8.84. The molecule has 0 aliphatic heterocycles. The molecule has 0 saturated carbocycles. The van der Waals surface area contributed by atoms with Gasteiger partial charge in [0.1, 0.15) is 0 Å². The van der Waals surface area contributed by atoms with Gasteiger partial charge in [-0.3, -0.25) is 4.79 Å². The fraction of sp³-hybridized carbons (Fsp3) is 0.588. The Labute approximate surface area is 133 Å². The summed E-state index contributed by atoms with van der Waals surface area (Å²) in [5.41, 5.74) is 7.84. The third-order valence-electron chi connectivity index (χ3n) is 3.32. The SMILES string of the molecule is CC(C)Cc1ccc(C(C)C(=O)NCCSCCN)cc1. The lowest BCUT2D eigenvalue weighted by Gasteiger charge is -2.13. The van der Waals surface area contributed by atoms with Gasteiger partial charge in [-0.2, -0.15) is 11.8 Å². The third kappa shape index (κ3) is 7.00. The number of amides is 1. The predicted octanol–water partition coefficient (Wildman–Crippen LogP) is 2.80. The van der Waals surface area contributed by atoms with Gasteiger partial charge in [-0.15, -0.1) is 0 Å². The summed E-state index contributed by atoms with van der Waals surface area (Å²) < 4.78 is 0. The molecular formula is C17H28N2OS. The average molecular weight is 308 g/mol. The second-order valence-electron chi connectivity index (χ2n) is 5.75. The minimum absolute atomic E-state index is 0.0972. The van der Waals surface area contributed by atoms with Crippen LogP contribution in [0.3, 0.4) is 0 Å². The van der Waals surface area contributed by atoms with Crippen molar-refractivity contribution in [3.63, 3.8) is 0 Å². The number of nitrogens with two attached hydrogens (primary N) is 1. The molecule has 3 N–H and O–H groups in total. The van der Waals surface area contributed by atoms with Crippen LogP contribution in [0, 0.1) is 5.92 Å². The summed E-state index contributed by atoms with van der Waals surface area (Å²) in [5, 5.41) is 2.99. The van der Waals surface area contributed by atoms with E-state index in [-0.39, 0.29) is 11.8 Å². The molecule has 3 nitrogen and oxygen atoms in total. The van der Waals surface area contributed by atoms with E-state index in [2.05, 4.69) is 43.4 Å². The molecule has 1 amide bonds. The second-order valence-corrected chi connectivity index (χ2v) is 6.98. The molecule has 4 heteroatoms. The van der Waals surface area contributed by atoms with Crippen LogP contribution in [0.25, 0.3) is 0 Å². The van der Waals surface area contributed by atoms with Crippen LogP contribution in [0.15, 0.2) is 24.3 Å². The smallest absolute Gasteiger partial charge is 0.227 e. The summed E-state index contributed by atoms with van der Waals surface area (Å²) in [4.78, 5) is 12.1. The first-order valence-electron chi connectivity index (χ1n) is 7.69. The molecule has 0 radical (unpaired) electrons. The van der Waals surface area contributed by atoms with Crippen molar-refractivity contribution >= 4 is 17.7 Å². The van der Waals surface area contributed by atoms with Gasteiger partial charge in [0.25, 0.3) is 0 Å². The lowest BCUT2D eigenvalue weighted by Crippen LogP contribution is -2.30. The van der Waals surface area contributed by atoms with Crippen LogP contribution in [-0.2, 0) is 11.2 Å². The van der Waals surface area contributed by atoms with E-state index < -0.39 is 0 Å². The maximum Gasteiger partial charge on any atom is 0.227 e. The summed E-state index contributed by atoms with van der Waals surface area (Å²) in [6.45, 7) is 7.79. The molecule has 0 aromatic heterocycles. The monoisotopic (exact) mass is 308 g/mol. The van der Waals surface area contributed by atoms with Gasteiger partial charge in [0.2, 0.25) is 5.91 Å². The van der Waals surface area contributed by atoms with Crippen LogP contribution in [0.5, 0.6) is 0 Å². The van der Waals surface area contributed by atoms with E-state index in [0.717, 1.165) is 23.5 Å². The van der Waals surface area contributed by atoms with Crippen molar-refractivity contribution in [1.29, 1.82) is 0 Å². The summed E-state index contributed by atoms with van der Waals surface area (Å²) >= 11 is 1.77. The highest BCUT2D eigenvalue weighted by Crippen LogP contribution is 2.17. The number of benzene rings is 1. The van der Waals surface area contributed by atoms with E-state index in [0.29, 0.717) is 19.0 Å². The third-order valence-corrected chi connectivity index (χ3v) is 4.34.